The highest BCUT2D eigenvalue weighted by Gasteiger charge is 2.38. The number of rotatable bonds is 3. The third-order valence-electron chi connectivity index (χ3n) is 3.67. The average molecular weight is 318 g/mol. The number of nitrogens with zero attached hydrogens (tertiary/aromatic N) is 1. The van der Waals surface area contributed by atoms with Gasteiger partial charge in [0, 0.05) is 5.92 Å². The van der Waals surface area contributed by atoms with Gasteiger partial charge in [0.2, 0.25) is 0 Å². The van der Waals surface area contributed by atoms with Gasteiger partial charge in [0.15, 0.2) is 0 Å². The molecule has 1 aliphatic carbocycles. The van der Waals surface area contributed by atoms with E-state index in [1.54, 1.807) is 6.20 Å². The average Bonchev–Trinajstić information content (AvgIpc) is 2.77. The molecule has 94 valence electrons. The fraction of sp³-hybridized carbons (Fsp3) is 0.667. The SMILES string of the molecule is CC(O)(c1ncc(Br)s1)C1CCC(C=O)CC1. The second kappa shape index (κ2) is 5.16. The van der Waals surface area contributed by atoms with Crippen molar-refractivity contribution in [3.05, 3.63) is 15.0 Å². The molecule has 1 heterocycles. The zero-order valence-corrected chi connectivity index (χ0v) is 12.1. The molecule has 1 aromatic rings. The Kier molecular flexibility index (Phi) is 4.00. The summed E-state index contributed by atoms with van der Waals surface area (Å²) in [6, 6.07) is 0. The van der Waals surface area contributed by atoms with Gasteiger partial charge in [0.05, 0.1) is 9.98 Å². The van der Waals surface area contributed by atoms with E-state index < -0.39 is 5.60 Å². The number of thiazole rings is 1. The molecule has 1 N–H and O–H groups in total. The molecule has 1 atom stereocenters. The van der Waals surface area contributed by atoms with Crippen LogP contribution in [0.1, 0.15) is 37.6 Å². The highest BCUT2D eigenvalue weighted by molar-refractivity contribution is 9.11. The fourth-order valence-corrected chi connectivity index (χ4v) is 3.81. The smallest absolute Gasteiger partial charge is 0.125 e. The summed E-state index contributed by atoms with van der Waals surface area (Å²) in [6.07, 6.45) is 6.34. The molecule has 0 spiro atoms. The van der Waals surface area contributed by atoms with Crippen molar-refractivity contribution in [1.82, 2.24) is 4.98 Å². The molecule has 0 saturated heterocycles. The van der Waals surface area contributed by atoms with Crippen LogP contribution in [0, 0.1) is 11.8 Å². The maximum atomic E-state index is 10.7. The van der Waals surface area contributed by atoms with Crippen LogP contribution in [0.25, 0.3) is 0 Å². The largest absolute Gasteiger partial charge is 0.383 e. The van der Waals surface area contributed by atoms with E-state index in [-0.39, 0.29) is 11.8 Å². The van der Waals surface area contributed by atoms with E-state index in [9.17, 15) is 9.90 Å². The van der Waals surface area contributed by atoms with Gasteiger partial charge in [-0.1, -0.05) is 0 Å². The summed E-state index contributed by atoms with van der Waals surface area (Å²) in [5.41, 5.74) is -0.870. The molecule has 0 bridgehead atoms. The number of halogens is 1. The van der Waals surface area contributed by atoms with Gasteiger partial charge in [-0.2, -0.15) is 0 Å². The first-order valence-corrected chi connectivity index (χ1v) is 7.44. The summed E-state index contributed by atoms with van der Waals surface area (Å²) in [5.74, 6) is 0.391. The summed E-state index contributed by atoms with van der Waals surface area (Å²) >= 11 is 4.85. The van der Waals surface area contributed by atoms with E-state index in [0.29, 0.717) is 0 Å². The molecule has 1 aromatic heterocycles. The second-order valence-corrected chi connectivity index (χ2v) is 7.27. The Morgan fingerprint density at radius 2 is 2.18 bits per heavy atom. The van der Waals surface area contributed by atoms with Crippen LogP contribution in [0.3, 0.4) is 0 Å². The minimum absolute atomic E-state index is 0.185. The number of aromatic nitrogens is 1. The predicted molar refractivity (Wildman–Crippen MR) is 70.9 cm³/mol. The van der Waals surface area contributed by atoms with E-state index in [1.807, 2.05) is 6.92 Å². The van der Waals surface area contributed by atoms with Crippen LogP contribution in [-0.4, -0.2) is 16.4 Å². The summed E-state index contributed by atoms with van der Waals surface area (Å²) in [5, 5.41) is 11.4. The first-order chi connectivity index (χ1) is 8.04. The van der Waals surface area contributed by atoms with Crippen molar-refractivity contribution < 1.29 is 9.90 Å². The lowest BCUT2D eigenvalue weighted by atomic mass is 9.75. The zero-order valence-electron chi connectivity index (χ0n) is 9.73. The van der Waals surface area contributed by atoms with Crippen LogP contribution in [0.15, 0.2) is 9.98 Å². The van der Waals surface area contributed by atoms with Gasteiger partial charge in [0.1, 0.15) is 16.9 Å². The van der Waals surface area contributed by atoms with Gasteiger partial charge in [-0.3, -0.25) is 0 Å². The molecule has 0 radical (unpaired) electrons. The molecule has 1 saturated carbocycles. The van der Waals surface area contributed by atoms with Crippen molar-refractivity contribution in [1.29, 1.82) is 0 Å². The molecule has 3 nitrogen and oxygen atoms in total. The normalized spacial score (nSPS) is 28.6. The molecule has 0 aromatic carbocycles. The van der Waals surface area contributed by atoms with Crippen molar-refractivity contribution in [2.45, 2.75) is 38.2 Å². The number of aliphatic hydroxyl groups is 1. The van der Waals surface area contributed by atoms with Crippen LogP contribution in [0.5, 0.6) is 0 Å². The van der Waals surface area contributed by atoms with Crippen LogP contribution in [0.4, 0.5) is 0 Å². The highest BCUT2D eigenvalue weighted by Crippen LogP contribution is 2.42. The maximum absolute atomic E-state index is 10.7. The van der Waals surface area contributed by atoms with Crippen molar-refractivity contribution in [2.24, 2.45) is 11.8 Å². The maximum Gasteiger partial charge on any atom is 0.125 e. The standard InChI is InChI=1S/C12H16BrNO2S/c1-12(16,11-14-6-10(13)17-11)9-4-2-8(7-15)3-5-9/h6-9,16H,2-5H2,1H3. The third kappa shape index (κ3) is 2.77. The lowest BCUT2D eigenvalue weighted by Crippen LogP contribution is -2.34. The monoisotopic (exact) mass is 317 g/mol. The molecule has 1 unspecified atom stereocenters. The summed E-state index contributed by atoms with van der Waals surface area (Å²) in [6.45, 7) is 1.84. The Bertz CT molecular complexity index is 397. The molecule has 5 heteroatoms. The van der Waals surface area contributed by atoms with Gasteiger partial charge in [-0.25, -0.2) is 4.98 Å². The van der Waals surface area contributed by atoms with Gasteiger partial charge in [0.25, 0.3) is 0 Å². The van der Waals surface area contributed by atoms with Crippen molar-refractivity contribution in [3.8, 4) is 0 Å². The minimum Gasteiger partial charge on any atom is -0.383 e. The van der Waals surface area contributed by atoms with Crippen LogP contribution in [-0.2, 0) is 10.4 Å². The number of hydrogen-bond donors (Lipinski definition) is 1. The predicted octanol–water partition coefficient (Wildman–Crippen LogP) is 3.12. The molecular weight excluding hydrogens is 302 g/mol. The molecule has 2 rings (SSSR count). The van der Waals surface area contributed by atoms with E-state index in [2.05, 4.69) is 20.9 Å². The van der Waals surface area contributed by atoms with E-state index in [0.717, 1.165) is 40.8 Å². The molecular formula is C12H16BrNO2S. The second-order valence-electron chi connectivity index (χ2n) is 4.86. The first kappa shape index (κ1) is 13.2. The lowest BCUT2D eigenvalue weighted by molar-refractivity contribution is -0.113. The Morgan fingerprint density at radius 1 is 1.53 bits per heavy atom. The summed E-state index contributed by atoms with van der Waals surface area (Å²) in [4.78, 5) is 15.0. The Hall–Kier alpha value is -0.260. The quantitative estimate of drug-likeness (QED) is 0.871. The lowest BCUT2D eigenvalue weighted by Gasteiger charge is -2.35. The van der Waals surface area contributed by atoms with E-state index in [1.165, 1.54) is 11.3 Å². The van der Waals surface area contributed by atoms with Gasteiger partial charge < -0.3 is 9.90 Å². The van der Waals surface area contributed by atoms with E-state index >= 15 is 0 Å². The Labute approximate surface area is 113 Å². The Morgan fingerprint density at radius 3 is 2.65 bits per heavy atom. The molecule has 0 amide bonds. The number of carbonyl (C=O) groups is 1. The number of aldehydes is 1. The molecule has 1 fully saturated rings. The number of hydrogen-bond acceptors (Lipinski definition) is 4. The highest BCUT2D eigenvalue weighted by atomic mass is 79.9. The third-order valence-corrected chi connectivity index (χ3v) is 5.37. The number of carbonyl (C=O) groups excluding carboxylic acids is 1. The summed E-state index contributed by atoms with van der Waals surface area (Å²) in [7, 11) is 0. The minimum atomic E-state index is -0.870. The molecule has 17 heavy (non-hydrogen) atoms. The zero-order chi connectivity index (χ0) is 12.5. The van der Waals surface area contributed by atoms with Gasteiger partial charge in [-0.05, 0) is 54.5 Å². The summed E-state index contributed by atoms with van der Waals surface area (Å²) < 4.78 is 0.939. The van der Waals surface area contributed by atoms with Crippen molar-refractivity contribution in [2.75, 3.05) is 0 Å². The van der Waals surface area contributed by atoms with Gasteiger partial charge in [-0.15, -0.1) is 11.3 Å². The van der Waals surface area contributed by atoms with Crippen LogP contribution >= 0.6 is 27.3 Å². The molecule has 1 aliphatic rings. The first-order valence-electron chi connectivity index (χ1n) is 5.83. The van der Waals surface area contributed by atoms with Gasteiger partial charge >= 0.3 is 0 Å². The van der Waals surface area contributed by atoms with Crippen molar-refractivity contribution >= 4 is 33.6 Å². The van der Waals surface area contributed by atoms with Crippen LogP contribution in [0.2, 0.25) is 0 Å². The van der Waals surface area contributed by atoms with Crippen molar-refractivity contribution in [3.63, 3.8) is 0 Å². The fourth-order valence-electron chi connectivity index (χ4n) is 2.48. The molecule has 0 aliphatic heterocycles. The van der Waals surface area contributed by atoms with Crippen LogP contribution < -0.4 is 0 Å². The van der Waals surface area contributed by atoms with E-state index in [4.69, 9.17) is 0 Å². The topological polar surface area (TPSA) is 50.2 Å². The Balaban J connectivity index is 2.09.